The van der Waals surface area contributed by atoms with Crippen molar-refractivity contribution in [1.82, 2.24) is 0 Å². The fraction of sp³-hybridized carbons (Fsp3) is 0.158. The Morgan fingerprint density at radius 1 is 1.19 bits per heavy atom. The molecule has 1 N–H and O–H groups in total. The van der Waals surface area contributed by atoms with E-state index in [1.165, 1.54) is 24.3 Å². The Bertz CT molecular complexity index is 828. The summed E-state index contributed by atoms with van der Waals surface area (Å²) in [6, 6.07) is 12.3. The molecule has 1 amide bonds. The molecule has 0 bridgehead atoms. The molecule has 7 nitrogen and oxygen atoms in total. The average molecular weight is 354 g/mol. The van der Waals surface area contributed by atoms with E-state index in [-0.39, 0.29) is 11.6 Å². The van der Waals surface area contributed by atoms with Gasteiger partial charge in [0.15, 0.2) is 0 Å². The van der Waals surface area contributed by atoms with Crippen LogP contribution in [0.1, 0.15) is 29.3 Å². The lowest BCUT2D eigenvalue weighted by Gasteiger charge is -2.06. The number of hydrogen-bond acceptors (Lipinski definition) is 5. The first-order chi connectivity index (χ1) is 12.5. The van der Waals surface area contributed by atoms with Gasteiger partial charge < -0.3 is 10.1 Å². The van der Waals surface area contributed by atoms with Crippen molar-refractivity contribution < 1.29 is 19.2 Å². The number of carbonyl (C=O) groups excluding carboxylic acids is 2. The van der Waals surface area contributed by atoms with E-state index in [2.05, 4.69) is 5.32 Å². The monoisotopic (exact) mass is 354 g/mol. The number of nitro benzene ring substituents is 1. The third kappa shape index (κ3) is 5.55. The van der Waals surface area contributed by atoms with Crippen LogP contribution in [0.25, 0.3) is 6.08 Å². The molecule has 0 saturated heterocycles. The van der Waals surface area contributed by atoms with Gasteiger partial charge in [-0.1, -0.05) is 13.0 Å². The maximum atomic E-state index is 12.0. The molecule has 2 aromatic carbocycles. The summed E-state index contributed by atoms with van der Waals surface area (Å²) in [4.78, 5) is 33.9. The minimum atomic E-state index is -0.487. The van der Waals surface area contributed by atoms with E-state index < -0.39 is 10.9 Å². The minimum absolute atomic E-state index is 0.0154. The van der Waals surface area contributed by atoms with Gasteiger partial charge in [-0.05, 0) is 48.4 Å². The first kappa shape index (κ1) is 18.9. The highest BCUT2D eigenvalue weighted by atomic mass is 16.6. The van der Waals surface area contributed by atoms with Crippen molar-refractivity contribution in [2.24, 2.45) is 0 Å². The van der Waals surface area contributed by atoms with Crippen LogP contribution in [0.5, 0.6) is 0 Å². The lowest BCUT2D eigenvalue weighted by Crippen LogP contribution is -2.10. The molecule has 134 valence electrons. The van der Waals surface area contributed by atoms with Crippen LogP contribution in [0.4, 0.5) is 11.4 Å². The summed E-state index contributed by atoms with van der Waals surface area (Å²) in [5.41, 5.74) is 1.46. The van der Waals surface area contributed by atoms with Gasteiger partial charge in [-0.15, -0.1) is 0 Å². The first-order valence-electron chi connectivity index (χ1n) is 8.00. The zero-order valence-corrected chi connectivity index (χ0v) is 14.2. The molecular formula is C19H18N2O5. The molecule has 2 aromatic rings. The molecule has 0 aliphatic heterocycles. The smallest absolute Gasteiger partial charge is 0.338 e. The van der Waals surface area contributed by atoms with Gasteiger partial charge in [0, 0.05) is 23.9 Å². The van der Waals surface area contributed by atoms with Crippen molar-refractivity contribution in [3.63, 3.8) is 0 Å². The number of non-ortho nitro benzene ring substituents is 1. The number of hydrogen-bond donors (Lipinski definition) is 1. The number of esters is 1. The second kappa shape index (κ2) is 9.12. The highest BCUT2D eigenvalue weighted by molar-refractivity contribution is 6.02. The molecule has 2 rings (SSSR count). The Kier molecular flexibility index (Phi) is 6.61. The van der Waals surface area contributed by atoms with Crippen LogP contribution in [0.15, 0.2) is 54.6 Å². The van der Waals surface area contributed by atoms with Gasteiger partial charge in [-0.25, -0.2) is 4.79 Å². The average Bonchev–Trinajstić information content (AvgIpc) is 2.65. The summed E-state index contributed by atoms with van der Waals surface area (Å²) in [6.07, 6.45) is 3.58. The molecule has 0 unspecified atom stereocenters. The Morgan fingerprint density at radius 3 is 2.58 bits per heavy atom. The number of nitrogens with one attached hydrogen (secondary N) is 1. The molecule has 0 aliphatic carbocycles. The van der Waals surface area contributed by atoms with Crippen molar-refractivity contribution in [2.75, 3.05) is 11.9 Å². The van der Waals surface area contributed by atoms with Crippen LogP contribution >= 0.6 is 0 Å². The van der Waals surface area contributed by atoms with Gasteiger partial charge in [-0.2, -0.15) is 0 Å². The highest BCUT2D eigenvalue weighted by Gasteiger charge is 2.08. The van der Waals surface area contributed by atoms with Crippen molar-refractivity contribution in [1.29, 1.82) is 0 Å². The summed E-state index contributed by atoms with van der Waals surface area (Å²) in [5.74, 6) is -0.827. The number of ether oxygens (including phenoxy) is 1. The van der Waals surface area contributed by atoms with Gasteiger partial charge in [0.2, 0.25) is 5.91 Å². The van der Waals surface area contributed by atoms with E-state index in [1.54, 1.807) is 36.4 Å². The van der Waals surface area contributed by atoms with Crippen LogP contribution in [-0.4, -0.2) is 23.4 Å². The fourth-order valence-electron chi connectivity index (χ4n) is 2.07. The Balaban J connectivity index is 1.98. The SMILES string of the molecule is CCCOC(=O)c1cccc(NC(=O)/C=C/c2ccc([N+](=O)[O-])cc2)c1. The van der Waals surface area contributed by atoms with E-state index in [4.69, 9.17) is 4.74 Å². The van der Waals surface area contributed by atoms with Gasteiger partial charge in [0.05, 0.1) is 17.1 Å². The maximum Gasteiger partial charge on any atom is 0.338 e. The quantitative estimate of drug-likeness (QED) is 0.353. The van der Waals surface area contributed by atoms with Gasteiger partial charge in [0.1, 0.15) is 0 Å². The Morgan fingerprint density at radius 2 is 1.92 bits per heavy atom. The molecule has 0 heterocycles. The van der Waals surface area contributed by atoms with Crippen LogP contribution in [0, 0.1) is 10.1 Å². The van der Waals surface area contributed by atoms with Crippen molar-refractivity contribution >= 4 is 29.3 Å². The second-order valence-corrected chi connectivity index (χ2v) is 5.39. The van der Waals surface area contributed by atoms with E-state index in [9.17, 15) is 19.7 Å². The number of nitrogens with zero attached hydrogens (tertiary/aromatic N) is 1. The summed E-state index contributed by atoms with van der Waals surface area (Å²) in [7, 11) is 0. The van der Waals surface area contributed by atoms with E-state index >= 15 is 0 Å². The van der Waals surface area contributed by atoms with Crippen molar-refractivity contribution in [3.05, 3.63) is 75.8 Å². The zero-order chi connectivity index (χ0) is 18.9. The summed E-state index contributed by atoms with van der Waals surface area (Å²) >= 11 is 0. The lowest BCUT2D eigenvalue weighted by atomic mass is 10.2. The molecule has 0 fully saturated rings. The van der Waals surface area contributed by atoms with Crippen LogP contribution in [-0.2, 0) is 9.53 Å². The predicted octanol–water partition coefficient (Wildman–Crippen LogP) is 3.81. The van der Waals surface area contributed by atoms with Gasteiger partial charge >= 0.3 is 5.97 Å². The van der Waals surface area contributed by atoms with E-state index in [0.717, 1.165) is 6.42 Å². The van der Waals surface area contributed by atoms with E-state index in [1.807, 2.05) is 6.92 Å². The molecule has 0 radical (unpaired) electrons. The normalized spacial score (nSPS) is 10.5. The first-order valence-corrected chi connectivity index (χ1v) is 8.00. The number of anilines is 1. The van der Waals surface area contributed by atoms with Gasteiger partial charge in [-0.3, -0.25) is 14.9 Å². The standard InChI is InChI=1S/C19H18N2O5/c1-2-12-26-19(23)15-4-3-5-16(13-15)20-18(22)11-8-14-6-9-17(10-7-14)21(24)25/h3-11,13H,2,12H2,1H3,(H,20,22)/b11-8+. The molecule has 0 aromatic heterocycles. The molecular weight excluding hydrogens is 336 g/mol. The number of nitro groups is 1. The number of benzene rings is 2. The highest BCUT2D eigenvalue weighted by Crippen LogP contribution is 2.14. The molecule has 0 aliphatic rings. The Labute approximate surface area is 150 Å². The maximum absolute atomic E-state index is 12.0. The molecule has 0 atom stereocenters. The summed E-state index contributed by atoms with van der Waals surface area (Å²) in [6.45, 7) is 2.24. The minimum Gasteiger partial charge on any atom is -0.462 e. The third-order valence-corrected chi connectivity index (χ3v) is 3.33. The summed E-state index contributed by atoms with van der Waals surface area (Å²) < 4.78 is 5.06. The lowest BCUT2D eigenvalue weighted by molar-refractivity contribution is -0.384. The van der Waals surface area contributed by atoms with Crippen molar-refractivity contribution in [2.45, 2.75) is 13.3 Å². The second-order valence-electron chi connectivity index (χ2n) is 5.39. The molecule has 26 heavy (non-hydrogen) atoms. The van der Waals surface area contributed by atoms with Crippen LogP contribution in [0.2, 0.25) is 0 Å². The Hall–Kier alpha value is -3.48. The number of rotatable bonds is 7. The topological polar surface area (TPSA) is 98.5 Å². The largest absolute Gasteiger partial charge is 0.462 e. The zero-order valence-electron chi connectivity index (χ0n) is 14.2. The van der Waals surface area contributed by atoms with Gasteiger partial charge in [0.25, 0.3) is 5.69 Å². The van der Waals surface area contributed by atoms with Crippen LogP contribution < -0.4 is 5.32 Å². The van der Waals surface area contributed by atoms with Crippen LogP contribution in [0.3, 0.4) is 0 Å². The molecule has 0 spiro atoms. The summed E-state index contributed by atoms with van der Waals surface area (Å²) in [5, 5.41) is 13.3. The van der Waals surface area contributed by atoms with Crippen molar-refractivity contribution in [3.8, 4) is 0 Å². The number of carbonyl (C=O) groups is 2. The fourth-order valence-corrected chi connectivity index (χ4v) is 2.07. The molecule has 7 heteroatoms. The molecule has 0 saturated carbocycles. The number of amides is 1. The third-order valence-electron chi connectivity index (χ3n) is 3.33. The predicted molar refractivity (Wildman–Crippen MR) is 97.8 cm³/mol. The van der Waals surface area contributed by atoms with E-state index in [0.29, 0.717) is 23.4 Å².